The Morgan fingerprint density at radius 1 is 1.37 bits per heavy atom. The first-order valence-electron chi connectivity index (χ1n) is 6.53. The number of fused-ring (bicyclic) bond motifs is 1. The van der Waals surface area contributed by atoms with Crippen LogP contribution in [0.15, 0.2) is 34.5 Å². The highest BCUT2D eigenvalue weighted by Crippen LogP contribution is 2.39. The van der Waals surface area contributed by atoms with Gasteiger partial charge in [-0.1, -0.05) is 18.2 Å². The fraction of sp³-hybridized carbons (Fsp3) is 0.400. The summed E-state index contributed by atoms with van der Waals surface area (Å²) in [4.78, 5) is 8.40. The molecule has 2 nitrogen and oxygen atoms in total. The van der Waals surface area contributed by atoms with E-state index in [2.05, 4.69) is 53.5 Å². The number of thiazole rings is 1. The van der Waals surface area contributed by atoms with E-state index >= 15 is 0 Å². The summed E-state index contributed by atoms with van der Waals surface area (Å²) in [6, 6.07) is 8.81. The third-order valence-corrected chi connectivity index (χ3v) is 5.50. The van der Waals surface area contributed by atoms with Gasteiger partial charge in [-0.25, -0.2) is 4.98 Å². The first-order chi connectivity index (χ1) is 9.22. The van der Waals surface area contributed by atoms with E-state index < -0.39 is 0 Å². The lowest BCUT2D eigenvalue weighted by atomic mass is 10.0. The van der Waals surface area contributed by atoms with Gasteiger partial charge in [0.2, 0.25) is 0 Å². The first kappa shape index (κ1) is 13.2. The zero-order valence-electron chi connectivity index (χ0n) is 11.3. The molecule has 0 saturated heterocycles. The number of aryl methyl sites for hydroxylation is 1. The van der Waals surface area contributed by atoms with Gasteiger partial charge in [-0.3, -0.25) is 4.90 Å². The van der Waals surface area contributed by atoms with Crippen molar-refractivity contribution in [2.45, 2.75) is 24.3 Å². The molecule has 2 heterocycles. The largest absolute Gasteiger partial charge is 0.300 e. The molecule has 2 aromatic rings. The van der Waals surface area contributed by atoms with Gasteiger partial charge < -0.3 is 0 Å². The molecule has 0 fully saturated rings. The minimum Gasteiger partial charge on any atom is -0.300 e. The predicted octanol–water partition coefficient (Wildman–Crippen LogP) is 3.77. The molecule has 100 valence electrons. The van der Waals surface area contributed by atoms with Crippen LogP contribution in [0.25, 0.3) is 0 Å². The third-order valence-electron chi connectivity index (χ3n) is 3.43. The summed E-state index contributed by atoms with van der Waals surface area (Å²) in [6.07, 6.45) is 0. The quantitative estimate of drug-likeness (QED) is 0.852. The monoisotopic (exact) mass is 290 g/mol. The van der Waals surface area contributed by atoms with E-state index in [0.717, 1.165) is 18.1 Å². The fourth-order valence-electron chi connectivity index (χ4n) is 2.58. The Labute approximate surface area is 122 Å². The number of rotatable bonds is 4. The van der Waals surface area contributed by atoms with E-state index in [0.29, 0.717) is 5.92 Å². The second kappa shape index (κ2) is 5.65. The first-order valence-corrected chi connectivity index (χ1v) is 8.40. The number of thioether (sulfide) groups is 1. The highest BCUT2D eigenvalue weighted by molar-refractivity contribution is 7.99. The lowest BCUT2D eigenvalue weighted by Crippen LogP contribution is -2.24. The molecule has 19 heavy (non-hydrogen) atoms. The molecule has 0 saturated carbocycles. The summed E-state index contributed by atoms with van der Waals surface area (Å²) in [7, 11) is 2.19. The summed E-state index contributed by atoms with van der Waals surface area (Å²) in [5.74, 6) is 1.87. The number of hydrogen-bond acceptors (Lipinski definition) is 4. The standard InChI is InChI=1S/C15H18N2S2/c1-11-16-13(10-18-11)8-17(2)7-12-9-19-15-6-4-3-5-14(12)15/h3-6,10,12H,7-9H2,1-2H3. The Kier molecular flexibility index (Phi) is 3.91. The smallest absolute Gasteiger partial charge is 0.0897 e. The van der Waals surface area contributed by atoms with Crippen LogP contribution in [0.3, 0.4) is 0 Å². The molecule has 0 N–H and O–H groups in total. The third kappa shape index (κ3) is 3.02. The van der Waals surface area contributed by atoms with Crippen LogP contribution in [0.2, 0.25) is 0 Å². The number of nitrogens with zero attached hydrogens (tertiary/aromatic N) is 2. The summed E-state index contributed by atoms with van der Waals surface area (Å²) in [6.45, 7) is 4.13. The Morgan fingerprint density at radius 3 is 3.00 bits per heavy atom. The average Bonchev–Trinajstić information content (AvgIpc) is 2.97. The minimum absolute atomic E-state index is 0.658. The van der Waals surface area contributed by atoms with E-state index in [9.17, 15) is 0 Å². The van der Waals surface area contributed by atoms with Gasteiger partial charge in [0, 0.05) is 35.0 Å². The molecule has 0 radical (unpaired) electrons. The highest BCUT2D eigenvalue weighted by atomic mass is 32.2. The van der Waals surface area contributed by atoms with E-state index in [1.165, 1.54) is 21.9 Å². The van der Waals surface area contributed by atoms with Crippen molar-refractivity contribution in [2.75, 3.05) is 19.3 Å². The summed E-state index contributed by atoms with van der Waals surface area (Å²) in [5, 5.41) is 3.33. The Morgan fingerprint density at radius 2 is 2.21 bits per heavy atom. The lowest BCUT2D eigenvalue weighted by molar-refractivity contribution is 0.308. The predicted molar refractivity (Wildman–Crippen MR) is 83.1 cm³/mol. The van der Waals surface area contributed by atoms with Crippen molar-refractivity contribution in [3.63, 3.8) is 0 Å². The SMILES string of the molecule is Cc1nc(CN(C)CC2CSc3ccccc32)cs1. The van der Waals surface area contributed by atoms with Crippen LogP contribution in [0.5, 0.6) is 0 Å². The maximum atomic E-state index is 4.54. The van der Waals surface area contributed by atoms with Crippen molar-refractivity contribution < 1.29 is 0 Å². The highest BCUT2D eigenvalue weighted by Gasteiger charge is 2.23. The molecular weight excluding hydrogens is 272 g/mol. The normalized spacial score (nSPS) is 17.9. The molecule has 1 aromatic heterocycles. The van der Waals surface area contributed by atoms with Gasteiger partial charge >= 0.3 is 0 Å². The van der Waals surface area contributed by atoms with Crippen LogP contribution in [0, 0.1) is 6.92 Å². The Bertz CT molecular complexity index is 565. The molecule has 0 bridgehead atoms. The van der Waals surface area contributed by atoms with Crippen molar-refractivity contribution in [1.82, 2.24) is 9.88 Å². The van der Waals surface area contributed by atoms with Gasteiger partial charge in [0.05, 0.1) is 10.7 Å². The van der Waals surface area contributed by atoms with Crippen molar-refractivity contribution in [1.29, 1.82) is 0 Å². The zero-order valence-corrected chi connectivity index (χ0v) is 12.9. The second-order valence-electron chi connectivity index (χ2n) is 5.10. The molecule has 0 amide bonds. The molecule has 0 aliphatic carbocycles. The molecule has 1 aromatic carbocycles. The number of aromatic nitrogens is 1. The molecule has 0 spiro atoms. The summed E-state index contributed by atoms with van der Waals surface area (Å²) in [5.41, 5.74) is 2.72. The lowest BCUT2D eigenvalue weighted by Gasteiger charge is -2.20. The number of likely N-dealkylation sites (N-methyl/N-ethyl adjacent to an activating group) is 1. The minimum atomic E-state index is 0.658. The molecule has 1 atom stereocenters. The summed E-state index contributed by atoms with van der Waals surface area (Å²) >= 11 is 3.72. The molecule has 4 heteroatoms. The van der Waals surface area contributed by atoms with Crippen molar-refractivity contribution in [3.05, 3.63) is 45.9 Å². The topological polar surface area (TPSA) is 16.1 Å². The van der Waals surface area contributed by atoms with Crippen LogP contribution in [-0.2, 0) is 6.54 Å². The van der Waals surface area contributed by atoms with Crippen LogP contribution >= 0.6 is 23.1 Å². The Hall–Kier alpha value is -0.840. The van der Waals surface area contributed by atoms with Crippen molar-refractivity contribution in [3.8, 4) is 0 Å². The molecular formula is C15H18N2S2. The Balaban J connectivity index is 1.63. The van der Waals surface area contributed by atoms with Crippen molar-refractivity contribution in [2.24, 2.45) is 0 Å². The van der Waals surface area contributed by atoms with Gasteiger partial charge in [-0.2, -0.15) is 0 Å². The van der Waals surface area contributed by atoms with Crippen LogP contribution < -0.4 is 0 Å². The van der Waals surface area contributed by atoms with Crippen LogP contribution in [0.4, 0.5) is 0 Å². The number of hydrogen-bond donors (Lipinski definition) is 0. The van der Waals surface area contributed by atoms with E-state index in [1.807, 2.05) is 11.8 Å². The van der Waals surface area contributed by atoms with Crippen LogP contribution in [0.1, 0.15) is 22.2 Å². The van der Waals surface area contributed by atoms with E-state index in [1.54, 1.807) is 11.3 Å². The average molecular weight is 290 g/mol. The van der Waals surface area contributed by atoms with Gasteiger partial charge in [0.25, 0.3) is 0 Å². The van der Waals surface area contributed by atoms with Gasteiger partial charge in [-0.05, 0) is 25.6 Å². The second-order valence-corrected chi connectivity index (χ2v) is 7.22. The maximum absolute atomic E-state index is 4.54. The fourth-order valence-corrected chi connectivity index (χ4v) is 4.42. The van der Waals surface area contributed by atoms with E-state index in [4.69, 9.17) is 0 Å². The molecule has 1 unspecified atom stereocenters. The zero-order chi connectivity index (χ0) is 13.2. The van der Waals surface area contributed by atoms with E-state index in [-0.39, 0.29) is 0 Å². The molecule has 3 rings (SSSR count). The number of benzene rings is 1. The summed E-state index contributed by atoms with van der Waals surface area (Å²) < 4.78 is 0. The maximum Gasteiger partial charge on any atom is 0.0897 e. The molecule has 1 aliphatic heterocycles. The van der Waals surface area contributed by atoms with Gasteiger partial charge in [-0.15, -0.1) is 23.1 Å². The van der Waals surface area contributed by atoms with Crippen LogP contribution in [-0.4, -0.2) is 29.2 Å². The molecule has 1 aliphatic rings. The van der Waals surface area contributed by atoms with Crippen molar-refractivity contribution >= 4 is 23.1 Å². The van der Waals surface area contributed by atoms with Gasteiger partial charge in [0.15, 0.2) is 0 Å². The van der Waals surface area contributed by atoms with Gasteiger partial charge in [0.1, 0.15) is 0 Å².